The van der Waals surface area contributed by atoms with E-state index in [2.05, 4.69) is 15.4 Å². The zero-order chi connectivity index (χ0) is 23.0. The number of thiazole rings is 1. The minimum Gasteiger partial charge on any atom is -0.481 e. The first-order valence-corrected chi connectivity index (χ1v) is 11.3. The van der Waals surface area contributed by atoms with Crippen LogP contribution in [0.25, 0.3) is 0 Å². The van der Waals surface area contributed by atoms with Crippen molar-refractivity contribution >= 4 is 37.0 Å². The number of benzene rings is 2. The molecule has 0 saturated heterocycles. The summed E-state index contributed by atoms with van der Waals surface area (Å²) in [7, 11) is -1.17. The number of aliphatic hydroxyl groups is 1. The van der Waals surface area contributed by atoms with Crippen LogP contribution in [-0.2, 0) is 31.9 Å². The molecule has 3 rings (SSSR count). The lowest BCUT2D eigenvalue weighted by molar-refractivity contribution is -0.168. The molecule has 3 aromatic rings. The van der Waals surface area contributed by atoms with Crippen molar-refractivity contribution in [1.82, 2.24) is 10.1 Å². The smallest absolute Gasteiger partial charge is 0.421 e. The van der Waals surface area contributed by atoms with E-state index in [1.165, 1.54) is 5.38 Å². The molecule has 0 fully saturated rings. The highest BCUT2D eigenvalue weighted by molar-refractivity contribution is 7.21. The minimum absolute atomic E-state index is 0.0578. The Kier molecular flexibility index (Phi) is 8.15. The van der Waals surface area contributed by atoms with Crippen LogP contribution in [0.15, 0.2) is 66.0 Å². The van der Waals surface area contributed by atoms with Gasteiger partial charge in [0.1, 0.15) is 6.10 Å². The summed E-state index contributed by atoms with van der Waals surface area (Å²) in [4.78, 5) is 28.3. The zero-order valence-corrected chi connectivity index (χ0v) is 18.5. The maximum atomic E-state index is 13.3. The molecule has 0 spiro atoms. The fourth-order valence-corrected chi connectivity index (χ4v) is 4.12. The number of hydrogen-bond donors (Lipinski definition) is 4. The molecule has 3 unspecified atom stereocenters. The van der Waals surface area contributed by atoms with E-state index in [1.54, 1.807) is 54.6 Å². The van der Waals surface area contributed by atoms with E-state index in [4.69, 9.17) is 9.84 Å². The SMILES string of the molecule is O=[PH+]NC(OCc1ccccc1)(C(=O)Nc1nc(CC(=O)O)cs1)C(O)c1ccccc1. The number of amides is 1. The van der Waals surface area contributed by atoms with E-state index >= 15 is 0 Å². The highest BCUT2D eigenvalue weighted by Crippen LogP contribution is 2.32. The number of carbonyl (C=O) groups is 2. The quantitative estimate of drug-likeness (QED) is 0.246. The van der Waals surface area contributed by atoms with E-state index in [0.717, 1.165) is 16.9 Å². The number of aliphatic hydroxyl groups excluding tert-OH is 1. The van der Waals surface area contributed by atoms with Gasteiger partial charge in [0.15, 0.2) is 5.13 Å². The van der Waals surface area contributed by atoms with E-state index < -0.39 is 32.3 Å². The number of rotatable bonds is 11. The molecule has 0 radical (unpaired) electrons. The molecule has 0 aliphatic heterocycles. The molecular formula is C21H21N3O6PS+. The van der Waals surface area contributed by atoms with Crippen LogP contribution in [-0.4, -0.2) is 32.8 Å². The Morgan fingerprint density at radius 1 is 1.12 bits per heavy atom. The number of ether oxygens (including phenoxy) is 1. The Balaban J connectivity index is 1.92. The van der Waals surface area contributed by atoms with Gasteiger partial charge in [0, 0.05) is 5.38 Å². The average molecular weight is 474 g/mol. The van der Waals surface area contributed by atoms with Crippen molar-refractivity contribution in [3.05, 3.63) is 82.9 Å². The van der Waals surface area contributed by atoms with Gasteiger partial charge in [-0.25, -0.2) is 4.98 Å². The van der Waals surface area contributed by atoms with Crippen molar-refractivity contribution in [3.8, 4) is 0 Å². The molecule has 0 aliphatic rings. The topological polar surface area (TPSA) is 138 Å². The molecular weight excluding hydrogens is 453 g/mol. The van der Waals surface area contributed by atoms with Crippen LogP contribution < -0.4 is 10.4 Å². The van der Waals surface area contributed by atoms with Gasteiger partial charge in [-0.1, -0.05) is 70.3 Å². The van der Waals surface area contributed by atoms with Crippen LogP contribution in [0.2, 0.25) is 0 Å². The molecule has 1 heterocycles. The first kappa shape index (κ1) is 23.6. The van der Waals surface area contributed by atoms with Crippen molar-refractivity contribution in [2.24, 2.45) is 0 Å². The van der Waals surface area contributed by atoms with Gasteiger partial charge in [-0.2, -0.15) is 0 Å². The Hall–Kier alpha value is -3.01. The lowest BCUT2D eigenvalue weighted by Crippen LogP contribution is -2.57. The van der Waals surface area contributed by atoms with Gasteiger partial charge in [0.2, 0.25) is 0 Å². The van der Waals surface area contributed by atoms with E-state index in [1.807, 2.05) is 6.07 Å². The first-order chi connectivity index (χ1) is 15.4. The highest BCUT2D eigenvalue weighted by Gasteiger charge is 2.51. The average Bonchev–Trinajstić information content (AvgIpc) is 3.23. The number of hydrogen-bond acceptors (Lipinski definition) is 7. The Morgan fingerprint density at radius 3 is 2.41 bits per heavy atom. The number of carbonyl (C=O) groups excluding carboxylic acids is 1. The van der Waals surface area contributed by atoms with Crippen molar-refractivity contribution in [3.63, 3.8) is 0 Å². The molecule has 1 aromatic heterocycles. The molecule has 11 heteroatoms. The highest BCUT2D eigenvalue weighted by atomic mass is 32.1. The van der Waals surface area contributed by atoms with Gasteiger partial charge in [0.05, 0.1) is 18.7 Å². The Bertz CT molecular complexity index is 1070. The third-order valence-corrected chi connectivity index (χ3v) is 5.77. The molecule has 0 saturated carbocycles. The van der Waals surface area contributed by atoms with Crippen molar-refractivity contribution < 1.29 is 29.1 Å². The normalized spacial score (nSPS) is 13.9. The standard InChI is InChI=1S/C21H20N3O6PS/c25-17(26)11-16-13-32-20(22-16)23-19(28)21(24-31-29,18(27)15-9-5-2-6-10-15)30-12-14-7-3-1-4-8-14/h1-10,13,18,27H,11-12H2,(H,24,29)(H,25,26)(H,22,23,28)/p+1. The maximum Gasteiger partial charge on any atom is 0.421 e. The fourth-order valence-electron chi connectivity index (χ4n) is 2.94. The third kappa shape index (κ3) is 5.82. The van der Waals surface area contributed by atoms with Crippen LogP contribution in [0.5, 0.6) is 0 Å². The number of aliphatic carboxylic acids is 1. The monoisotopic (exact) mass is 474 g/mol. The molecule has 32 heavy (non-hydrogen) atoms. The second-order valence-corrected chi connectivity index (χ2v) is 8.03. The van der Waals surface area contributed by atoms with Crippen molar-refractivity contribution in [2.75, 3.05) is 5.32 Å². The first-order valence-electron chi connectivity index (χ1n) is 9.47. The number of carboxylic acid groups (broad SMARTS) is 1. The van der Waals surface area contributed by atoms with Crippen LogP contribution in [0.3, 0.4) is 0 Å². The summed E-state index contributed by atoms with van der Waals surface area (Å²) in [6, 6.07) is 17.4. The van der Waals surface area contributed by atoms with Gasteiger partial charge in [-0.05, 0) is 11.1 Å². The summed E-state index contributed by atoms with van der Waals surface area (Å²) >= 11 is 1.03. The van der Waals surface area contributed by atoms with Gasteiger partial charge in [-0.15, -0.1) is 11.3 Å². The molecule has 2 aromatic carbocycles. The zero-order valence-electron chi connectivity index (χ0n) is 16.7. The van der Waals surface area contributed by atoms with Gasteiger partial charge >= 0.3 is 14.6 Å². The second kappa shape index (κ2) is 11.0. The van der Waals surface area contributed by atoms with Crippen molar-refractivity contribution in [1.29, 1.82) is 0 Å². The maximum absolute atomic E-state index is 13.3. The summed E-state index contributed by atoms with van der Waals surface area (Å²) in [5.74, 6) is -1.88. The lowest BCUT2D eigenvalue weighted by Gasteiger charge is -2.32. The molecule has 3 atom stereocenters. The molecule has 0 bridgehead atoms. The number of anilines is 1. The fraction of sp³-hybridized carbons (Fsp3) is 0.190. The third-order valence-electron chi connectivity index (χ3n) is 4.49. The lowest BCUT2D eigenvalue weighted by atomic mass is 9.98. The summed E-state index contributed by atoms with van der Waals surface area (Å²) in [5.41, 5.74) is -0.738. The predicted molar refractivity (Wildman–Crippen MR) is 120 cm³/mol. The van der Waals surface area contributed by atoms with Gasteiger partial charge in [-0.3, -0.25) is 14.9 Å². The summed E-state index contributed by atoms with van der Waals surface area (Å²) in [5, 5.41) is 26.7. The largest absolute Gasteiger partial charge is 0.481 e. The number of carboxylic acids is 1. The van der Waals surface area contributed by atoms with Gasteiger partial charge < -0.3 is 14.9 Å². The van der Waals surface area contributed by atoms with Crippen molar-refractivity contribution in [2.45, 2.75) is 24.9 Å². The number of aromatic nitrogens is 1. The minimum atomic E-state index is -2.12. The number of nitrogens with one attached hydrogen (secondary N) is 2. The molecule has 9 nitrogen and oxygen atoms in total. The Labute approximate surface area is 189 Å². The van der Waals surface area contributed by atoms with E-state index in [-0.39, 0.29) is 23.9 Å². The summed E-state index contributed by atoms with van der Waals surface area (Å²) in [6.45, 7) is -0.0578. The van der Waals surface area contributed by atoms with Crippen LogP contribution in [0.1, 0.15) is 22.9 Å². The van der Waals surface area contributed by atoms with Crippen LogP contribution in [0, 0.1) is 0 Å². The van der Waals surface area contributed by atoms with Gasteiger partial charge in [0.25, 0.3) is 11.6 Å². The second-order valence-electron chi connectivity index (χ2n) is 6.72. The summed E-state index contributed by atoms with van der Waals surface area (Å²) in [6.07, 6.45) is -1.82. The predicted octanol–water partition coefficient (Wildman–Crippen LogP) is 2.88. The van der Waals surface area contributed by atoms with E-state index in [9.17, 15) is 19.3 Å². The molecule has 166 valence electrons. The molecule has 0 aliphatic carbocycles. The van der Waals surface area contributed by atoms with Crippen LogP contribution >= 0.6 is 19.9 Å². The molecule has 1 amide bonds. The summed E-state index contributed by atoms with van der Waals surface area (Å²) < 4.78 is 17.5. The van der Waals surface area contributed by atoms with Crippen LogP contribution in [0.4, 0.5) is 5.13 Å². The van der Waals surface area contributed by atoms with E-state index in [0.29, 0.717) is 5.56 Å². The Morgan fingerprint density at radius 2 is 1.78 bits per heavy atom. The number of nitrogens with zero attached hydrogens (tertiary/aromatic N) is 1. The molecule has 4 N–H and O–H groups in total.